The van der Waals surface area contributed by atoms with E-state index in [1.807, 2.05) is 27.0 Å². The van der Waals surface area contributed by atoms with Gasteiger partial charge in [-0.15, -0.1) is 0 Å². The van der Waals surface area contributed by atoms with Gasteiger partial charge in [0.25, 0.3) is 0 Å². The predicted molar refractivity (Wildman–Crippen MR) is 115 cm³/mol. The first-order chi connectivity index (χ1) is 15.5. The number of morpholine rings is 1. The summed E-state index contributed by atoms with van der Waals surface area (Å²) in [5.74, 6) is -0.207. The van der Waals surface area contributed by atoms with E-state index in [0.717, 1.165) is 16.2 Å². The molecule has 0 aliphatic carbocycles. The molecule has 1 fully saturated rings. The summed E-state index contributed by atoms with van der Waals surface area (Å²) in [6.45, 7) is 8.93. The molecular formula is C21H26F3N7O2. The predicted octanol–water partition coefficient (Wildman–Crippen LogP) is 2.81. The Labute approximate surface area is 188 Å². The number of anilines is 1. The van der Waals surface area contributed by atoms with Crippen LogP contribution in [0.4, 0.5) is 19.0 Å². The van der Waals surface area contributed by atoms with Crippen LogP contribution in [0.1, 0.15) is 43.8 Å². The lowest BCUT2D eigenvalue weighted by Crippen LogP contribution is -2.42. The number of aromatic nitrogens is 6. The topological polar surface area (TPSA) is 83.0 Å². The lowest BCUT2D eigenvalue weighted by Gasteiger charge is -2.32. The first-order valence-corrected chi connectivity index (χ1v) is 10.7. The molecule has 9 nitrogen and oxygen atoms in total. The molecule has 1 aliphatic rings. The smallest absolute Gasteiger partial charge is 0.375 e. The Morgan fingerprint density at radius 3 is 2.64 bits per heavy atom. The SMILES string of the molecule is Cc1cn(-c2nc(N3CCO[C@H](C)C3)cc(C(F)(F)F)n2)c(=O)n1Cc1cnn(C(C)C)c1. The Bertz CT molecular complexity index is 1200. The minimum Gasteiger partial charge on any atom is -0.375 e. The van der Waals surface area contributed by atoms with Crippen LogP contribution >= 0.6 is 0 Å². The molecule has 0 saturated carbocycles. The van der Waals surface area contributed by atoms with Crippen LogP contribution in [0.25, 0.3) is 5.95 Å². The average Bonchev–Trinajstić information content (AvgIpc) is 3.33. The van der Waals surface area contributed by atoms with Crippen molar-refractivity contribution in [3.8, 4) is 5.95 Å². The van der Waals surface area contributed by atoms with Gasteiger partial charge in [-0.05, 0) is 27.7 Å². The maximum absolute atomic E-state index is 13.6. The average molecular weight is 465 g/mol. The Hall–Kier alpha value is -3.15. The number of ether oxygens (including phenoxy) is 1. The Morgan fingerprint density at radius 2 is 2.00 bits per heavy atom. The van der Waals surface area contributed by atoms with E-state index in [1.165, 1.54) is 10.8 Å². The molecule has 0 bridgehead atoms. The van der Waals surface area contributed by atoms with Gasteiger partial charge in [0.1, 0.15) is 5.82 Å². The van der Waals surface area contributed by atoms with Crippen molar-refractivity contribution in [1.82, 2.24) is 28.9 Å². The molecular weight excluding hydrogens is 439 g/mol. The molecule has 178 valence electrons. The number of imidazole rings is 1. The monoisotopic (exact) mass is 465 g/mol. The molecule has 4 rings (SSSR count). The van der Waals surface area contributed by atoms with Crippen molar-refractivity contribution in [2.45, 2.75) is 52.6 Å². The van der Waals surface area contributed by atoms with E-state index in [1.54, 1.807) is 22.7 Å². The zero-order valence-electron chi connectivity index (χ0n) is 18.9. The molecule has 33 heavy (non-hydrogen) atoms. The van der Waals surface area contributed by atoms with E-state index in [-0.39, 0.29) is 30.5 Å². The quantitative estimate of drug-likeness (QED) is 0.576. The largest absolute Gasteiger partial charge is 0.433 e. The van der Waals surface area contributed by atoms with Crippen LogP contribution in [-0.4, -0.2) is 54.7 Å². The van der Waals surface area contributed by atoms with Crippen molar-refractivity contribution < 1.29 is 17.9 Å². The van der Waals surface area contributed by atoms with Gasteiger partial charge in [0, 0.05) is 48.8 Å². The molecule has 4 heterocycles. The molecule has 0 spiro atoms. The van der Waals surface area contributed by atoms with E-state index < -0.39 is 17.6 Å². The van der Waals surface area contributed by atoms with Crippen molar-refractivity contribution in [3.63, 3.8) is 0 Å². The molecule has 3 aromatic rings. The lowest BCUT2D eigenvalue weighted by molar-refractivity contribution is -0.141. The third kappa shape index (κ3) is 4.80. The van der Waals surface area contributed by atoms with Crippen LogP contribution in [0.3, 0.4) is 0 Å². The standard InChI is InChI=1S/C21H26F3N7O2/c1-13(2)31-12-16(8-25-31)11-29-14(3)9-30(20(29)32)19-26-17(21(22,23)24)7-18(27-19)28-5-6-33-15(4)10-28/h7-9,12-13,15H,5-6,10-11H2,1-4H3/t15-/m1/s1. The summed E-state index contributed by atoms with van der Waals surface area (Å²) < 4.78 is 50.6. The molecule has 0 radical (unpaired) electrons. The van der Waals surface area contributed by atoms with Crippen molar-refractivity contribution in [1.29, 1.82) is 0 Å². The van der Waals surface area contributed by atoms with Crippen LogP contribution in [0.15, 0.2) is 29.5 Å². The van der Waals surface area contributed by atoms with Gasteiger partial charge in [-0.3, -0.25) is 9.25 Å². The summed E-state index contributed by atoms with van der Waals surface area (Å²) in [5.41, 5.74) is -0.248. The van der Waals surface area contributed by atoms with Crippen LogP contribution in [0.2, 0.25) is 0 Å². The highest BCUT2D eigenvalue weighted by atomic mass is 19.4. The third-order valence-corrected chi connectivity index (χ3v) is 5.48. The van der Waals surface area contributed by atoms with Crippen LogP contribution < -0.4 is 10.6 Å². The molecule has 0 amide bonds. The van der Waals surface area contributed by atoms with Gasteiger partial charge in [-0.25, -0.2) is 14.3 Å². The maximum Gasteiger partial charge on any atom is 0.433 e. The van der Waals surface area contributed by atoms with Crippen LogP contribution in [-0.2, 0) is 17.5 Å². The molecule has 1 saturated heterocycles. The van der Waals surface area contributed by atoms with Gasteiger partial charge in [0.2, 0.25) is 5.95 Å². The van der Waals surface area contributed by atoms with Crippen LogP contribution in [0, 0.1) is 6.92 Å². The molecule has 1 aliphatic heterocycles. The highest BCUT2D eigenvalue weighted by Crippen LogP contribution is 2.30. The van der Waals surface area contributed by atoms with E-state index >= 15 is 0 Å². The van der Waals surface area contributed by atoms with E-state index in [4.69, 9.17) is 4.74 Å². The van der Waals surface area contributed by atoms with Gasteiger partial charge in [0.15, 0.2) is 5.69 Å². The summed E-state index contributed by atoms with van der Waals surface area (Å²) in [7, 11) is 0. The minimum absolute atomic E-state index is 0.109. The minimum atomic E-state index is -4.68. The first kappa shape index (κ1) is 23.0. The molecule has 0 N–H and O–H groups in total. The number of rotatable bonds is 5. The summed E-state index contributed by atoms with van der Waals surface area (Å²) in [6.07, 6.45) is 0.130. The van der Waals surface area contributed by atoms with Gasteiger partial charge in [0.05, 0.1) is 25.5 Å². The number of hydrogen-bond donors (Lipinski definition) is 0. The Balaban J connectivity index is 1.74. The molecule has 0 unspecified atom stereocenters. The second-order valence-corrected chi connectivity index (χ2v) is 8.47. The number of hydrogen-bond acceptors (Lipinski definition) is 6. The number of alkyl halides is 3. The third-order valence-electron chi connectivity index (χ3n) is 5.48. The fourth-order valence-electron chi connectivity index (χ4n) is 3.72. The number of nitrogens with zero attached hydrogens (tertiary/aromatic N) is 7. The zero-order chi connectivity index (χ0) is 23.9. The van der Waals surface area contributed by atoms with Crippen molar-refractivity contribution in [2.24, 2.45) is 0 Å². The van der Waals surface area contributed by atoms with E-state index in [9.17, 15) is 18.0 Å². The first-order valence-electron chi connectivity index (χ1n) is 10.7. The fraction of sp³-hybridized carbons (Fsp3) is 0.524. The van der Waals surface area contributed by atoms with Gasteiger partial charge in [-0.2, -0.15) is 23.3 Å². The van der Waals surface area contributed by atoms with E-state index in [2.05, 4.69) is 15.1 Å². The van der Waals surface area contributed by atoms with Crippen molar-refractivity contribution >= 4 is 5.82 Å². The molecule has 0 aromatic carbocycles. The Kier molecular flexibility index (Phi) is 6.04. The highest BCUT2D eigenvalue weighted by molar-refractivity contribution is 5.43. The second-order valence-electron chi connectivity index (χ2n) is 8.47. The van der Waals surface area contributed by atoms with E-state index in [0.29, 0.717) is 25.4 Å². The summed E-state index contributed by atoms with van der Waals surface area (Å²) in [5, 5.41) is 4.27. The van der Waals surface area contributed by atoms with Crippen molar-refractivity contribution in [3.05, 3.63) is 52.1 Å². The van der Waals surface area contributed by atoms with Gasteiger partial charge < -0.3 is 9.64 Å². The summed E-state index contributed by atoms with van der Waals surface area (Å²) in [4.78, 5) is 22.8. The number of aryl methyl sites for hydroxylation is 1. The fourth-order valence-corrected chi connectivity index (χ4v) is 3.72. The maximum atomic E-state index is 13.6. The number of halogens is 3. The Morgan fingerprint density at radius 1 is 1.24 bits per heavy atom. The second kappa shape index (κ2) is 8.65. The molecule has 1 atom stereocenters. The van der Waals surface area contributed by atoms with Crippen molar-refractivity contribution in [2.75, 3.05) is 24.6 Å². The summed E-state index contributed by atoms with van der Waals surface area (Å²) >= 11 is 0. The van der Waals surface area contributed by atoms with Crippen LogP contribution in [0.5, 0.6) is 0 Å². The lowest BCUT2D eigenvalue weighted by atomic mass is 10.3. The highest BCUT2D eigenvalue weighted by Gasteiger charge is 2.35. The van der Waals surface area contributed by atoms with Gasteiger partial charge in [-0.1, -0.05) is 0 Å². The molecule has 3 aromatic heterocycles. The van der Waals surface area contributed by atoms with Gasteiger partial charge >= 0.3 is 11.9 Å². The summed E-state index contributed by atoms with van der Waals surface area (Å²) in [6, 6.07) is 1.08. The zero-order valence-corrected chi connectivity index (χ0v) is 18.9. The molecule has 12 heteroatoms. The normalized spacial score (nSPS) is 17.2.